The molecule has 0 aliphatic rings. The van der Waals surface area contributed by atoms with Gasteiger partial charge in [0, 0.05) is 19.2 Å². The molecule has 1 heterocycles. The second-order valence-electron chi connectivity index (χ2n) is 6.60. The summed E-state index contributed by atoms with van der Waals surface area (Å²) < 4.78 is 5.40. The lowest BCUT2D eigenvalue weighted by molar-refractivity contribution is -0.137. The van der Waals surface area contributed by atoms with Gasteiger partial charge in [0.05, 0.1) is 0 Å². The Morgan fingerprint density at radius 3 is 2.41 bits per heavy atom. The van der Waals surface area contributed by atoms with Crippen LogP contribution < -0.4 is 10.2 Å². The number of carbonyl (C=O) groups excluding carboxylic acids is 2. The van der Waals surface area contributed by atoms with Crippen molar-refractivity contribution in [3.8, 4) is 0 Å². The minimum absolute atomic E-state index is 0.0956. The molecule has 1 aromatic heterocycles. The normalized spacial score (nSPS) is 10.3. The van der Waals surface area contributed by atoms with Gasteiger partial charge >= 0.3 is 12.1 Å². The minimum atomic E-state index is -1.10. The first-order chi connectivity index (χ1) is 12.6. The van der Waals surface area contributed by atoms with Crippen molar-refractivity contribution < 1.29 is 24.2 Å². The molecule has 0 saturated heterocycles. The van der Waals surface area contributed by atoms with Gasteiger partial charge in [-0.2, -0.15) is 0 Å². The number of carboxylic acid groups (broad SMARTS) is 1. The van der Waals surface area contributed by atoms with Gasteiger partial charge in [-0.1, -0.05) is 13.8 Å². The predicted molar refractivity (Wildman–Crippen MR) is 104 cm³/mol. The van der Waals surface area contributed by atoms with Crippen molar-refractivity contribution in [2.24, 2.45) is 0 Å². The van der Waals surface area contributed by atoms with Crippen molar-refractivity contribution in [1.82, 2.24) is 10.3 Å². The average Bonchev–Trinajstić information content (AvgIpc) is 2.57. The fourth-order valence-electron chi connectivity index (χ4n) is 1.94. The summed E-state index contributed by atoms with van der Waals surface area (Å²) >= 11 is 0. The molecule has 152 valence electrons. The lowest BCUT2D eigenvalue weighted by Crippen LogP contribution is -2.38. The monoisotopic (exact) mass is 381 g/mol. The summed E-state index contributed by atoms with van der Waals surface area (Å²) in [7, 11) is 0. The van der Waals surface area contributed by atoms with E-state index < -0.39 is 24.2 Å². The van der Waals surface area contributed by atoms with Crippen molar-refractivity contribution in [3.63, 3.8) is 0 Å². The fourth-order valence-corrected chi connectivity index (χ4v) is 1.94. The average molecular weight is 381 g/mol. The molecule has 2 amide bonds. The Morgan fingerprint density at radius 2 is 1.89 bits per heavy atom. The van der Waals surface area contributed by atoms with Crippen LogP contribution >= 0.6 is 0 Å². The molecule has 0 aliphatic carbocycles. The van der Waals surface area contributed by atoms with Gasteiger partial charge in [-0.15, -0.1) is 0 Å². The van der Waals surface area contributed by atoms with E-state index in [0.29, 0.717) is 12.2 Å². The molecule has 0 fully saturated rings. The van der Waals surface area contributed by atoms with Crippen LogP contribution in [0.2, 0.25) is 0 Å². The third kappa shape index (κ3) is 10.8. The maximum absolute atomic E-state index is 12.4. The summed E-state index contributed by atoms with van der Waals surface area (Å²) in [6.45, 7) is 11.0. The number of aryl methyl sites for hydroxylation is 1. The summed E-state index contributed by atoms with van der Waals surface area (Å²) in [6, 6.07) is 3.57. The van der Waals surface area contributed by atoms with E-state index in [4.69, 9.17) is 9.84 Å². The van der Waals surface area contributed by atoms with Crippen molar-refractivity contribution >= 4 is 23.8 Å². The Bertz CT molecular complexity index is 626. The molecule has 27 heavy (non-hydrogen) atoms. The largest absolute Gasteiger partial charge is 0.480 e. The summed E-state index contributed by atoms with van der Waals surface area (Å²) in [6.07, 6.45) is 1.50. The number of ether oxygens (including phenoxy) is 1. The zero-order valence-corrected chi connectivity index (χ0v) is 17.0. The first-order valence-corrected chi connectivity index (χ1v) is 9.00. The van der Waals surface area contributed by atoms with Crippen molar-refractivity contribution in [1.29, 1.82) is 0 Å². The first-order valence-electron chi connectivity index (χ1n) is 9.00. The molecule has 0 bridgehead atoms. The molecular formula is C19H31N3O5. The molecule has 0 spiro atoms. The van der Waals surface area contributed by atoms with Crippen LogP contribution in [-0.2, 0) is 14.3 Å². The van der Waals surface area contributed by atoms with Crippen LogP contribution in [0.3, 0.4) is 0 Å². The number of carboxylic acids is 1. The van der Waals surface area contributed by atoms with E-state index in [0.717, 1.165) is 5.56 Å². The van der Waals surface area contributed by atoms with Gasteiger partial charge in [0.25, 0.3) is 0 Å². The second-order valence-corrected chi connectivity index (χ2v) is 6.60. The first kappa shape index (κ1) is 24.4. The minimum Gasteiger partial charge on any atom is -0.480 e. The molecule has 0 aliphatic heterocycles. The summed E-state index contributed by atoms with van der Waals surface area (Å²) in [5, 5.41) is 10.8. The molecule has 1 rings (SSSR count). The van der Waals surface area contributed by atoms with E-state index in [1.807, 2.05) is 26.8 Å². The third-order valence-corrected chi connectivity index (χ3v) is 3.01. The number of carbonyl (C=O) groups is 3. The standard InChI is InChI=1S/C17H25N3O5.C2H6/c1-12-7-8-18-13(10-12)20(16(24)25-17(2,3)4)9-5-6-14(21)19-11-15(22)23;1-2/h7-8,10H,5-6,9,11H2,1-4H3,(H,19,21)(H,22,23);1-2H3. The lowest BCUT2D eigenvalue weighted by Gasteiger charge is -2.27. The highest BCUT2D eigenvalue weighted by atomic mass is 16.6. The van der Waals surface area contributed by atoms with Gasteiger partial charge in [-0.25, -0.2) is 9.78 Å². The maximum Gasteiger partial charge on any atom is 0.416 e. The number of pyridine rings is 1. The quantitative estimate of drug-likeness (QED) is 0.751. The number of aromatic nitrogens is 1. The number of nitrogens with zero attached hydrogens (tertiary/aromatic N) is 2. The molecule has 1 aromatic rings. The van der Waals surface area contributed by atoms with Gasteiger partial charge in [-0.3, -0.25) is 14.5 Å². The van der Waals surface area contributed by atoms with E-state index in [-0.39, 0.29) is 18.9 Å². The van der Waals surface area contributed by atoms with Crippen LogP contribution in [0.4, 0.5) is 10.6 Å². The SMILES string of the molecule is CC.Cc1ccnc(N(CCCC(=O)NCC(=O)O)C(=O)OC(C)(C)C)c1. The molecule has 0 atom stereocenters. The van der Waals surface area contributed by atoms with E-state index in [1.54, 1.807) is 33.0 Å². The van der Waals surface area contributed by atoms with Crippen LogP contribution in [0.15, 0.2) is 18.3 Å². The number of anilines is 1. The van der Waals surface area contributed by atoms with Gasteiger partial charge < -0.3 is 15.2 Å². The molecule has 8 heteroatoms. The summed E-state index contributed by atoms with van der Waals surface area (Å²) in [5.41, 5.74) is 0.288. The summed E-state index contributed by atoms with van der Waals surface area (Å²) in [4.78, 5) is 40.0. The number of rotatable bonds is 7. The van der Waals surface area contributed by atoms with Gasteiger partial charge in [-0.05, 0) is 51.8 Å². The van der Waals surface area contributed by atoms with Crippen LogP contribution in [0.25, 0.3) is 0 Å². The lowest BCUT2D eigenvalue weighted by atomic mass is 10.2. The molecular weight excluding hydrogens is 350 g/mol. The molecule has 0 unspecified atom stereocenters. The molecule has 0 radical (unpaired) electrons. The van der Waals surface area contributed by atoms with Crippen LogP contribution in [0.5, 0.6) is 0 Å². The maximum atomic E-state index is 12.4. The zero-order chi connectivity index (χ0) is 21.0. The number of aliphatic carboxylic acids is 1. The molecule has 8 nitrogen and oxygen atoms in total. The highest BCUT2D eigenvalue weighted by Gasteiger charge is 2.24. The Labute approximate surface area is 160 Å². The number of hydrogen-bond donors (Lipinski definition) is 2. The number of amides is 2. The number of nitrogens with one attached hydrogen (secondary N) is 1. The van der Waals surface area contributed by atoms with Gasteiger partial charge in [0.15, 0.2) is 0 Å². The van der Waals surface area contributed by atoms with Gasteiger partial charge in [0.1, 0.15) is 18.0 Å². The zero-order valence-electron chi connectivity index (χ0n) is 17.0. The molecule has 0 aromatic carbocycles. The highest BCUT2D eigenvalue weighted by molar-refractivity contribution is 5.87. The van der Waals surface area contributed by atoms with E-state index in [2.05, 4.69) is 10.3 Å². The topological polar surface area (TPSA) is 109 Å². The second kappa shape index (κ2) is 11.9. The van der Waals surface area contributed by atoms with Gasteiger partial charge in [0.2, 0.25) is 5.91 Å². The van der Waals surface area contributed by atoms with Crippen molar-refractivity contribution in [2.75, 3.05) is 18.0 Å². The predicted octanol–water partition coefficient (Wildman–Crippen LogP) is 3.14. The summed E-state index contributed by atoms with van der Waals surface area (Å²) in [5.74, 6) is -1.04. The Kier molecular flexibility index (Phi) is 10.7. The Morgan fingerprint density at radius 1 is 1.26 bits per heavy atom. The Hall–Kier alpha value is -2.64. The Balaban J connectivity index is 0.00000326. The van der Waals surface area contributed by atoms with E-state index >= 15 is 0 Å². The molecule has 0 saturated carbocycles. The molecule has 2 N–H and O–H groups in total. The number of hydrogen-bond acceptors (Lipinski definition) is 5. The highest BCUT2D eigenvalue weighted by Crippen LogP contribution is 2.18. The van der Waals surface area contributed by atoms with Crippen LogP contribution in [0.1, 0.15) is 53.0 Å². The van der Waals surface area contributed by atoms with E-state index in [9.17, 15) is 14.4 Å². The van der Waals surface area contributed by atoms with Crippen molar-refractivity contribution in [2.45, 2.75) is 60.0 Å². The third-order valence-electron chi connectivity index (χ3n) is 3.01. The smallest absolute Gasteiger partial charge is 0.416 e. The fraction of sp³-hybridized carbons (Fsp3) is 0.579. The van der Waals surface area contributed by atoms with Crippen LogP contribution in [0, 0.1) is 6.92 Å². The van der Waals surface area contributed by atoms with E-state index in [1.165, 1.54) is 4.90 Å². The van der Waals surface area contributed by atoms with Crippen molar-refractivity contribution in [3.05, 3.63) is 23.9 Å². The van der Waals surface area contributed by atoms with Crippen LogP contribution in [-0.4, -0.2) is 46.8 Å².